The van der Waals surface area contributed by atoms with Crippen molar-refractivity contribution >= 4 is 17.4 Å². The first kappa shape index (κ1) is 12.8. The molecule has 0 radical (unpaired) electrons. The van der Waals surface area contributed by atoms with Crippen molar-refractivity contribution in [3.05, 3.63) is 42.2 Å². The number of hydrogen-bond donors (Lipinski definition) is 1. The summed E-state index contributed by atoms with van der Waals surface area (Å²) in [5.41, 5.74) is 5.91. The highest BCUT2D eigenvalue weighted by atomic mass is 32.2. The Morgan fingerprint density at radius 1 is 1.39 bits per heavy atom. The van der Waals surface area contributed by atoms with Gasteiger partial charge in [0.05, 0.1) is 5.75 Å². The van der Waals surface area contributed by atoms with Crippen molar-refractivity contribution in [3.63, 3.8) is 0 Å². The second-order valence-electron chi connectivity index (χ2n) is 3.50. The van der Waals surface area contributed by atoms with Gasteiger partial charge in [-0.15, -0.1) is 11.8 Å². The van der Waals surface area contributed by atoms with Crippen LogP contribution in [0.5, 0.6) is 0 Å². The number of hydrogen-bond acceptors (Lipinski definition) is 3. The molecule has 7 heteroatoms. The molecule has 0 atom stereocenters. The summed E-state index contributed by atoms with van der Waals surface area (Å²) in [6.45, 7) is -2.62. The highest BCUT2D eigenvalue weighted by Gasteiger charge is 2.12. The molecule has 0 bridgehead atoms. The second kappa shape index (κ2) is 5.34. The lowest BCUT2D eigenvalue weighted by Crippen LogP contribution is -2.02. The predicted octanol–water partition coefficient (Wildman–Crippen LogP) is 3.29. The van der Waals surface area contributed by atoms with E-state index in [-0.39, 0.29) is 17.3 Å². The molecule has 0 unspecified atom stereocenters. The number of thioether (sulfide) groups is 1. The molecule has 0 aliphatic heterocycles. The molecule has 0 saturated heterocycles. The summed E-state index contributed by atoms with van der Waals surface area (Å²) in [5.74, 6) is 0.0670. The van der Waals surface area contributed by atoms with E-state index in [1.165, 1.54) is 42.4 Å². The first-order valence-corrected chi connectivity index (χ1v) is 6.04. The van der Waals surface area contributed by atoms with Gasteiger partial charge in [-0.1, -0.05) is 0 Å². The zero-order valence-corrected chi connectivity index (χ0v) is 10.0. The summed E-state index contributed by atoms with van der Waals surface area (Å²) < 4.78 is 38.7. The van der Waals surface area contributed by atoms with Crippen LogP contribution in [0.25, 0.3) is 0 Å². The van der Waals surface area contributed by atoms with E-state index in [1.807, 2.05) is 0 Å². The molecule has 1 heterocycles. The lowest BCUT2D eigenvalue weighted by atomic mass is 10.3. The first-order valence-electron chi connectivity index (χ1n) is 5.05. The van der Waals surface area contributed by atoms with Crippen LogP contribution in [0.4, 0.5) is 18.9 Å². The third-order valence-corrected chi connectivity index (χ3v) is 3.37. The molecular weight excluding hydrogens is 263 g/mol. The van der Waals surface area contributed by atoms with Gasteiger partial charge in [0.1, 0.15) is 11.6 Å². The number of aromatic nitrogens is 2. The van der Waals surface area contributed by atoms with E-state index in [2.05, 4.69) is 4.98 Å². The Balaban J connectivity index is 2.09. The van der Waals surface area contributed by atoms with Gasteiger partial charge < -0.3 is 5.73 Å². The van der Waals surface area contributed by atoms with Crippen LogP contribution in [-0.4, -0.2) is 9.55 Å². The molecule has 96 valence electrons. The van der Waals surface area contributed by atoms with Crippen LogP contribution in [0.2, 0.25) is 0 Å². The fourth-order valence-electron chi connectivity index (χ4n) is 1.43. The van der Waals surface area contributed by atoms with Crippen molar-refractivity contribution in [1.29, 1.82) is 0 Å². The van der Waals surface area contributed by atoms with E-state index < -0.39 is 12.4 Å². The molecule has 2 aromatic rings. The maximum atomic E-state index is 12.8. The number of rotatable bonds is 4. The van der Waals surface area contributed by atoms with Crippen molar-refractivity contribution in [2.24, 2.45) is 0 Å². The molecule has 2 rings (SSSR count). The van der Waals surface area contributed by atoms with Crippen LogP contribution >= 0.6 is 11.8 Å². The van der Waals surface area contributed by atoms with E-state index >= 15 is 0 Å². The van der Waals surface area contributed by atoms with Gasteiger partial charge in [-0.25, -0.2) is 9.37 Å². The summed E-state index contributed by atoms with van der Waals surface area (Å²) in [4.78, 5) is 4.49. The molecule has 3 nitrogen and oxygen atoms in total. The molecule has 0 amide bonds. The minimum Gasteiger partial charge on any atom is -0.398 e. The molecule has 18 heavy (non-hydrogen) atoms. The Hall–Kier alpha value is -1.63. The van der Waals surface area contributed by atoms with Gasteiger partial charge >= 0.3 is 6.55 Å². The molecule has 0 saturated carbocycles. The predicted molar refractivity (Wildman–Crippen MR) is 63.9 cm³/mol. The number of nitrogens with two attached hydrogens (primary N) is 1. The van der Waals surface area contributed by atoms with Gasteiger partial charge in [0.2, 0.25) is 0 Å². The minimum atomic E-state index is -2.62. The third-order valence-electron chi connectivity index (χ3n) is 2.29. The fraction of sp³-hybridized carbons (Fsp3) is 0.182. The van der Waals surface area contributed by atoms with Crippen LogP contribution in [0.1, 0.15) is 12.4 Å². The lowest BCUT2D eigenvalue weighted by Gasteiger charge is -2.07. The van der Waals surface area contributed by atoms with E-state index in [0.29, 0.717) is 4.90 Å². The minimum absolute atomic E-state index is 0.243. The standard InChI is InChI=1S/C11H10F3N3S/c12-7-1-2-9(8(15)5-7)18-6-10-16-3-4-17(10)11(13)14/h1-5,11H,6,15H2. The maximum Gasteiger partial charge on any atom is 0.319 e. The summed E-state index contributed by atoms with van der Waals surface area (Å²) in [6, 6.07) is 3.99. The molecule has 0 spiro atoms. The SMILES string of the molecule is Nc1cc(F)ccc1SCc1nccn1C(F)F. The zero-order chi connectivity index (χ0) is 13.1. The van der Waals surface area contributed by atoms with Crippen molar-refractivity contribution < 1.29 is 13.2 Å². The topological polar surface area (TPSA) is 43.8 Å². The Kier molecular flexibility index (Phi) is 3.81. The van der Waals surface area contributed by atoms with Crippen molar-refractivity contribution in [2.45, 2.75) is 17.2 Å². The summed E-state index contributed by atoms with van der Waals surface area (Å²) in [5, 5.41) is 0. The molecular formula is C11H10F3N3S. The second-order valence-corrected chi connectivity index (χ2v) is 4.52. The number of benzene rings is 1. The molecule has 0 fully saturated rings. The number of nitrogens with zero attached hydrogens (tertiary/aromatic N) is 2. The average molecular weight is 273 g/mol. The number of anilines is 1. The smallest absolute Gasteiger partial charge is 0.319 e. The van der Waals surface area contributed by atoms with E-state index in [1.54, 1.807) is 0 Å². The Morgan fingerprint density at radius 3 is 2.83 bits per heavy atom. The number of nitrogen functional groups attached to an aromatic ring is 1. The monoisotopic (exact) mass is 273 g/mol. The first-order chi connectivity index (χ1) is 8.58. The Labute approximate surface area is 106 Å². The van der Waals surface area contributed by atoms with E-state index in [0.717, 1.165) is 4.57 Å². The fourth-order valence-corrected chi connectivity index (χ4v) is 2.32. The lowest BCUT2D eigenvalue weighted by molar-refractivity contribution is 0.0678. The van der Waals surface area contributed by atoms with Crippen LogP contribution in [0.3, 0.4) is 0 Å². The van der Waals surface area contributed by atoms with Gasteiger partial charge in [-0.2, -0.15) is 8.78 Å². The molecule has 1 aromatic heterocycles. The molecule has 1 aromatic carbocycles. The van der Waals surface area contributed by atoms with Crippen molar-refractivity contribution in [3.8, 4) is 0 Å². The van der Waals surface area contributed by atoms with Crippen LogP contribution in [0, 0.1) is 5.82 Å². The van der Waals surface area contributed by atoms with E-state index in [9.17, 15) is 13.2 Å². The third kappa shape index (κ3) is 2.79. The normalized spacial score (nSPS) is 11.1. The Morgan fingerprint density at radius 2 is 2.17 bits per heavy atom. The highest BCUT2D eigenvalue weighted by molar-refractivity contribution is 7.98. The van der Waals surface area contributed by atoms with Crippen LogP contribution in [-0.2, 0) is 5.75 Å². The largest absolute Gasteiger partial charge is 0.398 e. The summed E-state index contributed by atoms with van der Waals surface area (Å²) >= 11 is 1.24. The van der Waals surface area contributed by atoms with E-state index in [4.69, 9.17) is 5.73 Å². The van der Waals surface area contributed by atoms with Crippen molar-refractivity contribution in [1.82, 2.24) is 9.55 Å². The maximum absolute atomic E-state index is 12.8. The molecule has 2 N–H and O–H groups in total. The van der Waals surface area contributed by atoms with Crippen molar-refractivity contribution in [2.75, 3.05) is 5.73 Å². The van der Waals surface area contributed by atoms with Gasteiger partial charge in [-0.3, -0.25) is 4.57 Å². The summed E-state index contributed by atoms with van der Waals surface area (Å²) in [7, 11) is 0. The summed E-state index contributed by atoms with van der Waals surface area (Å²) in [6.07, 6.45) is 2.53. The van der Waals surface area contributed by atoms with Gasteiger partial charge in [0, 0.05) is 23.0 Å². The van der Waals surface area contributed by atoms with Crippen LogP contribution < -0.4 is 5.73 Å². The van der Waals surface area contributed by atoms with Gasteiger partial charge in [0.15, 0.2) is 0 Å². The number of imidazole rings is 1. The average Bonchev–Trinajstić information content (AvgIpc) is 2.76. The molecule has 0 aliphatic rings. The molecule has 0 aliphatic carbocycles. The Bertz CT molecular complexity index is 542. The zero-order valence-electron chi connectivity index (χ0n) is 9.19. The highest BCUT2D eigenvalue weighted by Crippen LogP contribution is 2.29. The van der Waals surface area contributed by atoms with Crippen LogP contribution in [0.15, 0.2) is 35.5 Å². The van der Waals surface area contributed by atoms with Gasteiger partial charge in [-0.05, 0) is 18.2 Å². The van der Waals surface area contributed by atoms with Gasteiger partial charge in [0.25, 0.3) is 0 Å². The number of halogens is 3. The quantitative estimate of drug-likeness (QED) is 0.686. The number of alkyl halides is 2.